The molecule has 0 atom stereocenters. The van der Waals surface area contributed by atoms with Crippen molar-refractivity contribution in [1.82, 2.24) is 0 Å². The molecule has 1 aliphatic rings. The van der Waals surface area contributed by atoms with Gasteiger partial charge in [-0.2, -0.15) is 5.26 Å². The fourth-order valence-electron chi connectivity index (χ4n) is 2.13. The Bertz CT molecular complexity index is 572. The quantitative estimate of drug-likeness (QED) is 0.693. The van der Waals surface area contributed by atoms with Crippen LogP contribution in [0.2, 0.25) is 0 Å². The van der Waals surface area contributed by atoms with Gasteiger partial charge in [-0.3, -0.25) is 4.90 Å². The third-order valence-corrected chi connectivity index (χ3v) is 2.93. The molecular weight excluding hydrogens is 210 g/mol. The van der Waals surface area contributed by atoms with Gasteiger partial charge in [-0.25, -0.2) is 0 Å². The topological polar surface area (TPSA) is 30.3 Å². The van der Waals surface area contributed by atoms with Crippen molar-refractivity contribution < 1.29 is 0 Å². The second-order valence-electron chi connectivity index (χ2n) is 3.92. The van der Waals surface area contributed by atoms with Gasteiger partial charge < -0.3 is 4.90 Å². The van der Waals surface area contributed by atoms with Gasteiger partial charge in [0.1, 0.15) is 6.67 Å². The van der Waals surface area contributed by atoms with Crippen LogP contribution in [0.1, 0.15) is 0 Å². The third-order valence-electron chi connectivity index (χ3n) is 2.93. The first-order chi connectivity index (χ1) is 8.40. The highest BCUT2D eigenvalue weighted by molar-refractivity contribution is 5.83. The van der Waals surface area contributed by atoms with Gasteiger partial charge in [-0.15, -0.1) is 0 Å². The van der Waals surface area contributed by atoms with Gasteiger partial charge in [0, 0.05) is 5.69 Å². The monoisotopic (exact) mass is 221 g/mol. The maximum atomic E-state index is 9.13. The highest BCUT2D eigenvalue weighted by atomic mass is 15.4. The first-order valence-electron chi connectivity index (χ1n) is 5.49. The summed E-state index contributed by atoms with van der Waals surface area (Å²) in [5, 5.41) is 9.13. The third kappa shape index (κ3) is 1.51. The Morgan fingerprint density at radius 2 is 1.53 bits per heavy atom. The molecule has 1 aliphatic heterocycles. The van der Waals surface area contributed by atoms with Gasteiger partial charge in [0.15, 0.2) is 6.19 Å². The number of benzene rings is 2. The summed E-state index contributed by atoms with van der Waals surface area (Å²) < 4.78 is 0. The molecule has 0 spiro atoms. The van der Waals surface area contributed by atoms with Crippen LogP contribution in [0.4, 0.5) is 17.1 Å². The molecule has 0 fully saturated rings. The standard InChI is InChI=1S/C14H11N3/c15-10-16-11-17(12-6-2-1-3-7-12)14-9-5-4-8-13(14)16/h1-9H,11H2. The number of hydrogen-bond donors (Lipinski definition) is 0. The Morgan fingerprint density at radius 1 is 0.882 bits per heavy atom. The van der Waals surface area contributed by atoms with Crippen LogP contribution in [0.25, 0.3) is 0 Å². The normalized spacial score (nSPS) is 13.4. The zero-order valence-corrected chi connectivity index (χ0v) is 9.24. The summed E-state index contributed by atoms with van der Waals surface area (Å²) in [7, 11) is 0. The van der Waals surface area contributed by atoms with E-state index < -0.39 is 0 Å². The van der Waals surface area contributed by atoms with Crippen LogP contribution < -0.4 is 9.80 Å². The van der Waals surface area contributed by atoms with Crippen molar-refractivity contribution in [1.29, 1.82) is 5.26 Å². The molecule has 0 N–H and O–H groups in total. The molecule has 3 rings (SSSR count). The number of hydrogen-bond acceptors (Lipinski definition) is 3. The molecule has 2 aromatic carbocycles. The molecule has 1 heterocycles. The Morgan fingerprint density at radius 3 is 2.24 bits per heavy atom. The minimum atomic E-state index is 0.583. The number of nitrogens with zero attached hydrogens (tertiary/aromatic N) is 3. The van der Waals surface area contributed by atoms with E-state index in [2.05, 4.69) is 23.2 Å². The number of fused-ring (bicyclic) bond motifs is 1. The van der Waals surface area contributed by atoms with Crippen molar-refractivity contribution >= 4 is 17.1 Å². The van der Waals surface area contributed by atoms with Crippen molar-refractivity contribution in [2.24, 2.45) is 0 Å². The van der Waals surface area contributed by atoms with E-state index in [1.807, 2.05) is 42.5 Å². The second-order valence-corrected chi connectivity index (χ2v) is 3.92. The molecular formula is C14H11N3. The van der Waals surface area contributed by atoms with E-state index in [1.54, 1.807) is 4.90 Å². The largest absolute Gasteiger partial charge is 0.320 e. The minimum Gasteiger partial charge on any atom is -0.320 e. The zero-order chi connectivity index (χ0) is 11.7. The molecule has 0 amide bonds. The molecule has 0 saturated carbocycles. The first kappa shape index (κ1) is 9.73. The minimum absolute atomic E-state index is 0.583. The molecule has 2 aromatic rings. The summed E-state index contributed by atoms with van der Waals surface area (Å²) in [6, 6.07) is 18.1. The van der Waals surface area contributed by atoms with E-state index in [9.17, 15) is 0 Å². The average molecular weight is 221 g/mol. The molecule has 0 saturated heterocycles. The van der Waals surface area contributed by atoms with E-state index in [0.29, 0.717) is 6.67 Å². The van der Waals surface area contributed by atoms with Gasteiger partial charge in [-0.05, 0) is 24.3 Å². The first-order valence-corrected chi connectivity index (χ1v) is 5.49. The summed E-state index contributed by atoms with van der Waals surface area (Å²) in [4.78, 5) is 3.83. The van der Waals surface area contributed by atoms with Crippen molar-refractivity contribution in [3.05, 3.63) is 54.6 Å². The number of nitriles is 1. The number of rotatable bonds is 1. The Labute approximate surface area is 100 Å². The lowest BCUT2D eigenvalue weighted by Gasteiger charge is -2.18. The smallest absolute Gasteiger partial charge is 0.186 e. The van der Waals surface area contributed by atoms with Gasteiger partial charge in [0.05, 0.1) is 11.4 Å². The second kappa shape index (κ2) is 3.84. The molecule has 0 radical (unpaired) electrons. The summed E-state index contributed by atoms with van der Waals surface area (Å²) in [6.45, 7) is 0.583. The number of para-hydroxylation sites is 3. The lowest BCUT2D eigenvalue weighted by molar-refractivity contribution is 0.993. The lowest BCUT2D eigenvalue weighted by atomic mass is 10.2. The average Bonchev–Trinajstić information content (AvgIpc) is 2.78. The van der Waals surface area contributed by atoms with Gasteiger partial charge in [0.2, 0.25) is 0 Å². The van der Waals surface area contributed by atoms with E-state index >= 15 is 0 Å². The fraction of sp³-hybridized carbons (Fsp3) is 0.0714. The molecule has 3 nitrogen and oxygen atoms in total. The zero-order valence-electron chi connectivity index (χ0n) is 9.24. The van der Waals surface area contributed by atoms with E-state index in [4.69, 9.17) is 5.26 Å². The summed E-state index contributed by atoms with van der Waals surface area (Å²) in [5.74, 6) is 0. The summed E-state index contributed by atoms with van der Waals surface area (Å²) in [6.07, 6.45) is 2.21. The Hall–Kier alpha value is -2.47. The van der Waals surface area contributed by atoms with Crippen LogP contribution >= 0.6 is 0 Å². The van der Waals surface area contributed by atoms with Crippen molar-refractivity contribution in [2.45, 2.75) is 0 Å². The SMILES string of the molecule is N#CN1CN(c2ccccc2)c2ccccc21. The fourth-order valence-corrected chi connectivity index (χ4v) is 2.13. The van der Waals surface area contributed by atoms with E-state index in [1.165, 1.54) is 0 Å². The predicted octanol–water partition coefficient (Wildman–Crippen LogP) is 3.08. The van der Waals surface area contributed by atoms with E-state index in [0.717, 1.165) is 17.1 Å². The lowest BCUT2D eigenvalue weighted by Crippen LogP contribution is -2.23. The maximum Gasteiger partial charge on any atom is 0.186 e. The summed E-state index contributed by atoms with van der Waals surface area (Å²) in [5.41, 5.74) is 3.16. The van der Waals surface area contributed by atoms with Crippen LogP contribution in [0.15, 0.2) is 54.6 Å². The van der Waals surface area contributed by atoms with Crippen molar-refractivity contribution in [3.8, 4) is 6.19 Å². The van der Waals surface area contributed by atoms with Crippen LogP contribution in [-0.2, 0) is 0 Å². The van der Waals surface area contributed by atoms with E-state index in [-0.39, 0.29) is 0 Å². The molecule has 0 unspecified atom stereocenters. The summed E-state index contributed by atoms with van der Waals surface area (Å²) >= 11 is 0. The van der Waals surface area contributed by atoms with Crippen LogP contribution in [0.3, 0.4) is 0 Å². The molecule has 3 heteroatoms. The maximum absolute atomic E-state index is 9.13. The molecule has 0 aromatic heterocycles. The van der Waals surface area contributed by atoms with Crippen molar-refractivity contribution in [2.75, 3.05) is 16.5 Å². The van der Waals surface area contributed by atoms with Gasteiger partial charge >= 0.3 is 0 Å². The van der Waals surface area contributed by atoms with Gasteiger partial charge in [-0.1, -0.05) is 30.3 Å². The van der Waals surface area contributed by atoms with Crippen LogP contribution in [-0.4, -0.2) is 6.67 Å². The number of anilines is 3. The molecule has 0 bridgehead atoms. The highest BCUT2D eigenvalue weighted by Crippen LogP contribution is 2.39. The molecule has 82 valence electrons. The molecule has 17 heavy (non-hydrogen) atoms. The highest BCUT2D eigenvalue weighted by Gasteiger charge is 2.25. The Kier molecular flexibility index (Phi) is 2.20. The predicted molar refractivity (Wildman–Crippen MR) is 68.0 cm³/mol. The van der Waals surface area contributed by atoms with Crippen LogP contribution in [0.5, 0.6) is 0 Å². The molecule has 0 aliphatic carbocycles. The van der Waals surface area contributed by atoms with Crippen LogP contribution in [0, 0.1) is 11.5 Å². The van der Waals surface area contributed by atoms with Crippen molar-refractivity contribution in [3.63, 3.8) is 0 Å². The van der Waals surface area contributed by atoms with Gasteiger partial charge in [0.25, 0.3) is 0 Å². The Balaban J connectivity index is 2.09.